The van der Waals surface area contributed by atoms with E-state index in [2.05, 4.69) is 46.7 Å². The van der Waals surface area contributed by atoms with Gasteiger partial charge in [-0.2, -0.15) is 0 Å². The number of amides is 3. The second-order valence-corrected chi connectivity index (χ2v) is 6.90. The monoisotopic (exact) mass is 329 g/mol. The number of benzene rings is 1. The molecule has 0 unspecified atom stereocenters. The highest BCUT2D eigenvalue weighted by Crippen LogP contribution is 2.33. The van der Waals surface area contributed by atoms with E-state index in [-0.39, 0.29) is 18.0 Å². The zero-order valence-electron chi connectivity index (χ0n) is 14.3. The van der Waals surface area contributed by atoms with Crippen molar-refractivity contribution in [1.29, 1.82) is 0 Å². The summed E-state index contributed by atoms with van der Waals surface area (Å²) in [7, 11) is 0. The first-order valence-corrected chi connectivity index (χ1v) is 9.06. The molecular weight excluding hydrogens is 302 g/mol. The zero-order valence-corrected chi connectivity index (χ0v) is 14.3. The van der Waals surface area contributed by atoms with Gasteiger partial charge in [0, 0.05) is 12.1 Å². The Morgan fingerprint density at radius 2 is 1.96 bits per heavy atom. The van der Waals surface area contributed by atoms with Crippen molar-refractivity contribution in [3.63, 3.8) is 0 Å². The van der Waals surface area contributed by atoms with E-state index in [0.717, 1.165) is 38.6 Å². The molecule has 0 radical (unpaired) electrons. The standard InChI is InChI=1S/C19H27N3O2/c1-2-16(14-7-4-3-5-8-14)17-9-6-12-22(17)13-18(23)21-19(24)20-15-10-11-15/h3-5,7-8,15-17H,2,6,9-13H2,1H3,(H2,20,21,23,24)/t16-,17-/m0/s1. The van der Waals surface area contributed by atoms with Crippen molar-refractivity contribution in [1.82, 2.24) is 15.5 Å². The second kappa shape index (κ2) is 7.79. The molecule has 2 N–H and O–H groups in total. The van der Waals surface area contributed by atoms with Crippen LogP contribution in [0.25, 0.3) is 0 Å². The van der Waals surface area contributed by atoms with Gasteiger partial charge in [0.15, 0.2) is 0 Å². The molecular formula is C19H27N3O2. The molecule has 3 rings (SSSR count). The lowest BCUT2D eigenvalue weighted by Crippen LogP contribution is -2.47. The fraction of sp³-hybridized carbons (Fsp3) is 0.579. The largest absolute Gasteiger partial charge is 0.335 e. The summed E-state index contributed by atoms with van der Waals surface area (Å²) in [5, 5.41) is 5.26. The number of rotatable bonds is 6. The van der Waals surface area contributed by atoms with Gasteiger partial charge in [-0.3, -0.25) is 15.0 Å². The minimum atomic E-state index is -0.353. The number of urea groups is 1. The summed E-state index contributed by atoms with van der Waals surface area (Å²) >= 11 is 0. The maximum absolute atomic E-state index is 12.2. The van der Waals surface area contributed by atoms with Gasteiger partial charge in [-0.05, 0) is 50.1 Å². The molecule has 1 aromatic carbocycles. The highest BCUT2D eigenvalue weighted by Gasteiger charge is 2.33. The van der Waals surface area contributed by atoms with Gasteiger partial charge in [-0.1, -0.05) is 37.3 Å². The molecule has 5 heteroatoms. The minimum Gasteiger partial charge on any atom is -0.335 e. The Bertz CT molecular complexity index is 571. The van der Waals surface area contributed by atoms with E-state index in [0.29, 0.717) is 18.5 Å². The van der Waals surface area contributed by atoms with Gasteiger partial charge in [0.1, 0.15) is 0 Å². The Kier molecular flexibility index (Phi) is 5.51. The Labute approximate surface area is 143 Å². The molecule has 24 heavy (non-hydrogen) atoms. The van der Waals surface area contributed by atoms with Crippen LogP contribution < -0.4 is 10.6 Å². The summed E-state index contributed by atoms with van der Waals surface area (Å²) in [5.41, 5.74) is 1.34. The average Bonchev–Trinajstić information content (AvgIpc) is 3.27. The summed E-state index contributed by atoms with van der Waals surface area (Å²) in [6.07, 6.45) is 5.30. The first kappa shape index (κ1) is 17.0. The number of imide groups is 1. The van der Waals surface area contributed by atoms with Crippen LogP contribution >= 0.6 is 0 Å². The number of hydrogen-bond acceptors (Lipinski definition) is 3. The van der Waals surface area contributed by atoms with Crippen molar-refractivity contribution in [2.45, 2.75) is 57.0 Å². The van der Waals surface area contributed by atoms with Crippen molar-refractivity contribution in [2.24, 2.45) is 0 Å². The van der Waals surface area contributed by atoms with Crippen LogP contribution in [0.5, 0.6) is 0 Å². The number of likely N-dealkylation sites (tertiary alicyclic amines) is 1. The zero-order chi connectivity index (χ0) is 16.9. The van der Waals surface area contributed by atoms with E-state index in [1.807, 2.05) is 6.07 Å². The van der Waals surface area contributed by atoms with Crippen LogP contribution in [-0.2, 0) is 4.79 Å². The predicted molar refractivity (Wildman–Crippen MR) is 93.8 cm³/mol. The first-order chi connectivity index (χ1) is 11.7. The van der Waals surface area contributed by atoms with Crippen LogP contribution in [0.15, 0.2) is 30.3 Å². The smallest absolute Gasteiger partial charge is 0.321 e. The summed E-state index contributed by atoms with van der Waals surface area (Å²) in [4.78, 5) is 26.1. The Balaban J connectivity index is 1.57. The Hall–Kier alpha value is -1.88. The molecule has 0 bridgehead atoms. The molecule has 2 aliphatic rings. The van der Waals surface area contributed by atoms with Crippen molar-refractivity contribution >= 4 is 11.9 Å². The molecule has 130 valence electrons. The molecule has 2 fully saturated rings. The highest BCUT2D eigenvalue weighted by molar-refractivity contribution is 5.95. The lowest BCUT2D eigenvalue weighted by atomic mass is 9.87. The van der Waals surface area contributed by atoms with E-state index < -0.39 is 0 Å². The van der Waals surface area contributed by atoms with Crippen LogP contribution in [0.1, 0.15) is 50.5 Å². The lowest BCUT2D eigenvalue weighted by Gasteiger charge is -2.31. The summed E-state index contributed by atoms with van der Waals surface area (Å²) in [5.74, 6) is 0.227. The van der Waals surface area contributed by atoms with Gasteiger partial charge in [0.25, 0.3) is 0 Å². The fourth-order valence-corrected chi connectivity index (χ4v) is 3.73. The number of nitrogens with one attached hydrogen (secondary N) is 2. The maximum atomic E-state index is 12.2. The molecule has 1 aliphatic carbocycles. The van der Waals surface area contributed by atoms with E-state index >= 15 is 0 Å². The summed E-state index contributed by atoms with van der Waals surface area (Å²) in [6.45, 7) is 3.43. The molecule has 1 aliphatic heterocycles. The summed E-state index contributed by atoms with van der Waals surface area (Å²) in [6, 6.07) is 10.8. The van der Waals surface area contributed by atoms with Gasteiger partial charge in [-0.25, -0.2) is 4.79 Å². The normalized spacial score (nSPS) is 22.1. The molecule has 3 amide bonds. The fourth-order valence-electron chi connectivity index (χ4n) is 3.73. The van der Waals surface area contributed by atoms with Crippen LogP contribution in [-0.4, -0.2) is 42.0 Å². The van der Waals surface area contributed by atoms with Gasteiger partial charge in [0.05, 0.1) is 6.54 Å². The van der Waals surface area contributed by atoms with Gasteiger partial charge < -0.3 is 5.32 Å². The van der Waals surface area contributed by atoms with Crippen molar-refractivity contribution in [2.75, 3.05) is 13.1 Å². The maximum Gasteiger partial charge on any atom is 0.321 e. The first-order valence-electron chi connectivity index (χ1n) is 9.06. The SMILES string of the molecule is CC[C@@H](c1ccccc1)[C@@H]1CCCN1CC(=O)NC(=O)NC1CC1. The molecule has 1 aromatic rings. The Morgan fingerprint density at radius 3 is 2.62 bits per heavy atom. The number of hydrogen-bond donors (Lipinski definition) is 2. The van der Waals surface area contributed by atoms with E-state index in [9.17, 15) is 9.59 Å². The molecule has 0 aromatic heterocycles. The van der Waals surface area contributed by atoms with E-state index in [1.165, 1.54) is 5.56 Å². The van der Waals surface area contributed by atoms with Gasteiger partial charge >= 0.3 is 6.03 Å². The van der Waals surface area contributed by atoms with E-state index in [1.54, 1.807) is 0 Å². The number of carbonyl (C=O) groups is 2. The van der Waals surface area contributed by atoms with Crippen molar-refractivity contribution in [3.8, 4) is 0 Å². The third kappa shape index (κ3) is 4.35. The van der Waals surface area contributed by atoms with Crippen LogP contribution in [0.3, 0.4) is 0 Å². The van der Waals surface area contributed by atoms with Crippen molar-refractivity contribution in [3.05, 3.63) is 35.9 Å². The van der Waals surface area contributed by atoms with Crippen LogP contribution in [0.4, 0.5) is 4.79 Å². The number of carbonyl (C=O) groups excluding carboxylic acids is 2. The topological polar surface area (TPSA) is 61.4 Å². The number of nitrogens with zero attached hydrogens (tertiary/aromatic N) is 1. The molecule has 1 saturated carbocycles. The third-order valence-corrected chi connectivity index (χ3v) is 5.06. The third-order valence-electron chi connectivity index (χ3n) is 5.06. The molecule has 1 saturated heterocycles. The summed E-state index contributed by atoms with van der Waals surface area (Å²) < 4.78 is 0. The van der Waals surface area contributed by atoms with Gasteiger partial charge in [-0.15, -0.1) is 0 Å². The van der Waals surface area contributed by atoms with Crippen LogP contribution in [0, 0.1) is 0 Å². The lowest BCUT2D eigenvalue weighted by molar-refractivity contribution is -0.121. The van der Waals surface area contributed by atoms with Crippen LogP contribution in [0.2, 0.25) is 0 Å². The molecule has 5 nitrogen and oxygen atoms in total. The average molecular weight is 329 g/mol. The quantitative estimate of drug-likeness (QED) is 0.843. The molecule has 1 heterocycles. The van der Waals surface area contributed by atoms with Crippen molar-refractivity contribution < 1.29 is 9.59 Å². The second-order valence-electron chi connectivity index (χ2n) is 6.90. The Morgan fingerprint density at radius 1 is 1.21 bits per heavy atom. The van der Waals surface area contributed by atoms with E-state index in [4.69, 9.17) is 0 Å². The molecule has 0 spiro atoms. The predicted octanol–water partition coefficient (Wildman–Crippen LogP) is 2.63. The minimum absolute atomic E-state index is 0.206. The highest BCUT2D eigenvalue weighted by atomic mass is 16.2. The molecule has 2 atom stereocenters. The van der Waals surface area contributed by atoms with Gasteiger partial charge in [0.2, 0.25) is 5.91 Å².